The minimum atomic E-state index is 0.681. The highest BCUT2D eigenvalue weighted by atomic mass is 16.5. The number of nitrogens with one attached hydrogen (secondary N) is 1. The Labute approximate surface area is 112 Å². The van der Waals surface area contributed by atoms with Crippen molar-refractivity contribution in [1.29, 1.82) is 0 Å². The molecule has 1 N–H and O–H groups in total. The van der Waals surface area contributed by atoms with Crippen LogP contribution in [0.5, 0.6) is 0 Å². The van der Waals surface area contributed by atoms with Gasteiger partial charge in [0.2, 0.25) is 0 Å². The molecular weight excluding hydrogens is 224 g/mol. The molecule has 4 unspecified atom stereocenters. The second-order valence-corrected chi connectivity index (χ2v) is 6.15. The fourth-order valence-corrected chi connectivity index (χ4v) is 3.23. The van der Waals surface area contributed by atoms with Crippen LogP contribution in [0.1, 0.15) is 40.0 Å². The second-order valence-electron chi connectivity index (χ2n) is 6.15. The summed E-state index contributed by atoms with van der Waals surface area (Å²) >= 11 is 0. The minimum absolute atomic E-state index is 0.681. The third-order valence-electron chi connectivity index (χ3n) is 4.88. The van der Waals surface area contributed by atoms with Crippen LogP contribution in [-0.4, -0.2) is 49.8 Å². The molecule has 0 aromatic heterocycles. The second kappa shape index (κ2) is 6.88. The normalized spacial score (nSPS) is 35.8. The lowest BCUT2D eigenvalue weighted by molar-refractivity contribution is 0.0845. The molecule has 4 atom stereocenters. The van der Waals surface area contributed by atoms with Crippen molar-refractivity contribution in [2.75, 3.05) is 32.8 Å². The van der Waals surface area contributed by atoms with Crippen LogP contribution in [0.4, 0.5) is 0 Å². The van der Waals surface area contributed by atoms with Gasteiger partial charge in [0, 0.05) is 38.3 Å². The quantitative estimate of drug-likeness (QED) is 0.813. The standard InChI is InChI=1S/C15H30N2O/c1-4-12(3)15-10-17(14(5-2)8-16-15)9-13-6-7-18-11-13/h12-16H,4-11H2,1-3H3. The number of nitrogens with zero attached hydrogens (tertiary/aromatic N) is 1. The van der Waals surface area contributed by atoms with E-state index in [1.807, 2.05) is 0 Å². The Balaban J connectivity index is 1.89. The summed E-state index contributed by atoms with van der Waals surface area (Å²) in [6.07, 6.45) is 3.79. The molecule has 0 spiro atoms. The van der Waals surface area contributed by atoms with E-state index >= 15 is 0 Å². The first-order valence-electron chi connectivity index (χ1n) is 7.79. The molecule has 2 fully saturated rings. The molecule has 0 amide bonds. The van der Waals surface area contributed by atoms with E-state index < -0.39 is 0 Å². The van der Waals surface area contributed by atoms with Crippen LogP contribution in [0.2, 0.25) is 0 Å². The predicted molar refractivity (Wildman–Crippen MR) is 75.8 cm³/mol. The van der Waals surface area contributed by atoms with Gasteiger partial charge < -0.3 is 10.1 Å². The highest BCUT2D eigenvalue weighted by Gasteiger charge is 2.31. The van der Waals surface area contributed by atoms with E-state index in [1.54, 1.807) is 0 Å². The molecular formula is C15H30N2O. The van der Waals surface area contributed by atoms with E-state index in [0.29, 0.717) is 6.04 Å². The first kappa shape index (κ1) is 14.3. The molecule has 3 heteroatoms. The van der Waals surface area contributed by atoms with Gasteiger partial charge in [0.25, 0.3) is 0 Å². The number of piperazine rings is 1. The first-order valence-corrected chi connectivity index (χ1v) is 7.79. The van der Waals surface area contributed by atoms with Crippen LogP contribution in [0.3, 0.4) is 0 Å². The van der Waals surface area contributed by atoms with E-state index in [1.165, 1.54) is 38.9 Å². The Morgan fingerprint density at radius 1 is 1.39 bits per heavy atom. The van der Waals surface area contributed by atoms with Crippen LogP contribution < -0.4 is 5.32 Å². The zero-order chi connectivity index (χ0) is 13.0. The molecule has 0 saturated carbocycles. The van der Waals surface area contributed by atoms with Crippen molar-refractivity contribution in [3.05, 3.63) is 0 Å². The van der Waals surface area contributed by atoms with E-state index in [-0.39, 0.29) is 0 Å². The van der Waals surface area contributed by atoms with Gasteiger partial charge in [-0.1, -0.05) is 27.2 Å². The lowest BCUT2D eigenvalue weighted by Crippen LogP contribution is -2.59. The summed E-state index contributed by atoms with van der Waals surface area (Å²) in [6.45, 7) is 12.6. The zero-order valence-electron chi connectivity index (χ0n) is 12.3. The molecule has 0 aromatic carbocycles. The molecule has 2 rings (SSSR count). The van der Waals surface area contributed by atoms with E-state index in [0.717, 1.165) is 31.1 Å². The lowest BCUT2D eigenvalue weighted by atomic mass is 9.94. The topological polar surface area (TPSA) is 24.5 Å². The third kappa shape index (κ3) is 3.46. The lowest BCUT2D eigenvalue weighted by Gasteiger charge is -2.43. The molecule has 2 aliphatic heterocycles. The van der Waals surface area contributed by atoms with Crippen molar-refractivity contribution in [2.24, 2.45) is 11.8 Å². The van der Waals surface area contributed by atoms with Gasteiger partial charge in [-0.2, -0.15) is 0 Å². The fraction of sp³-hybridized carbons (Fsp3) is 1.00. The van der Waals surface area contributed by atoms with Gasteiger partial charge in [-0.25, -0.2) is 0 Å². The summed E-state index contributed by atoms with van der Waals surface area (Å²) in [5.74, 6) is 1.56. The summed E-state index contributed by atoms with van der Waals surface area (Å²) in [6, 6.07) is 1.41. The van der Waals surface area contributed by atoms with Crippen molar-refractivity contribution in [3.63, 3.8) is 0 Å². The molecule has 18 heavy (non-hydrogen) atoms. The largest absolute Gasteiger partial charge is 0.381 e. The van der Waals surface area contributed by atoms with Gasteiger partial charge in [0.1, 0.15) is 0 Å². The number of ether oxygens (including phenoxy) is 1. The van der Waals surface area contributed by atoms with Gasteiger partial charge in [-0.05, 0) is 24.7 Å². The van der Waals surface area contributed by atoms with Crippen LogP contribution in [0, 0.1) is 11.8 Å². The van der Waals surface area contributed by atoms with Crippen molar-refractivity contribution < 1.29 is 4.74 Å². The van der Waals surface area contributed by atoms with Crippen LogP contribution in [-0.2, 0) is 4.74 Å². The highest BCUT2D eigenvalue weighted by Crippen LogP contribution is 2.21. The molecule has 0 aliphatic carbocycles. The molecule has 2 saturated heterocycles. The third-order valence-corrected chi connectivity index (χ3v) is 4.88. The number of rotatable bonds is 5. The number of hydrogen-bond acceptors (Lipinski definition) is 3. The summed E-state index contributed by atoms with van der Waals surface area (Å²) in [5, 5.41) is 3.75. The SMILES string of the molecule is CCC(C)C1CN(CC2CCOC2)C(CC)CN1. The number of hydrogen-bond donors (Lipinski definition) is 1. The van der Waals surface area contributed by atoms with E-state index in [2.05, 4.69) is 31.0 Å². The van der Waals surface area contributed by atoms with Crippen molar-refractivity contribution in [2.45, 2.75) is 52.1 Å². The summed E-state index contributed by atoms with van der Waals surface area (Å²) < 4.78 is 5.52. The Morgan fingerprint density at radius 3 is 2.83 bits per heavy atom. The van der Waals surface area contributed by atoms with Crippen LogP contribution >= 0.6 is 0 Å². The van der Waals surface area contributed by atoms with Crippen molar-refractivity contribution >= 4 is 0 Å². The van der Waals surface area contributed by atoms with E-state index in [4.69, 9.17) is 4.74 Å². The first-order chi connectivity index (χ1) is 8.74. The summed E-state index contributed by atoms with van der Waals surface area (Å²) in [5.41, 5.74) is 0. The maximum absolute atomic E-state index is 5.52. The monoisotopic (exact) mass is 254 g/mol. The Hall–Kier alpha value is -0.120. The smallest absolute Gasteiger partial charge is 0.0507 e. The van der Waals surface area contributed by atoms with Crippen molar-refractivity contribution in [3.8, 4) is 0 Å². The molecule has 106 valence electrons. The van der Waals surface area contributed by atoms with Gasteiger partial charge in [-0.15, -0.1) is 0 Å². The predicted octanol–water partition coefficient (Wildman–Crippen LogP) is 2.12. The Bertz CT molecular complexity index is 241. The minimum Gasteiger partial charge on any atom is -0.381 e. The molecule has 0 bridgehead atoms. The maximum Gasteiger partial charge on any atom is 0.0507 e. The van der Waals surface area contributed by atoms with Gasteiger partial charge in [0.05, 0.1) is 6.61 Å². The van der Waals surface area contributed by atoms with Gasteiger partial charge in [0.15, 0.2) is 0 Å². The molecule has 3 nitrogen and oxygen atoms in total. The van der Waals surface area contributed by atoms with Crippen molar-refractivity contribution in [1.82, 2.24) is 10.2 Å². The molecule has 0 radical (unpaired) electrons. The molecule has 2 heterocycles. The summed E-state index contributed by atoms with van der Waals surface area (Å²) in [7, 11) is 0. The zero-order valence-corrected chi connectivity index (χ0v) is 12.3. The maximum atomic E-state index is 5.52. The average Bonchev–Trinajstić information content (AvgIpc) is 2.90. The summed E-state index contributed by atoms with van der Waals surface area (Å²) in [4.78, 5) is 2.73. The molecule has 2 aliphatic rings. The Morgan fingerprint density at radius 2 is 2.22 bits per heavy atom. The van der Waals surface area contributed by atoms with Gasteiger partial charge in [-0.3, -0.25) is 4.90 Å². The van der Waals surface area contributed by atoms with Crippen LogP contribution in [0.25, 0.3) is 0 Å². The van der Waals surface area contributed by atoms with Gasteiger partial charge >= 0.3 is 0 Å². The molecule has 0 aromatic rings. The Kier molecular flexibility index (Phi) is 5.46. The van der Waals surface area contributed by atoms with E-state index in [9.17, 15) is 0 Å². The van der Waals surface area contributed by atoms with Crippen LogP contribution in [0.15, 0.2) is 0 Å². The average molecular weight is 254 g/mol. The fourth-order valence-electron chi connectivity index (χ4n) is 3.23. The highest BCUT2D eigenvalue weighted by molar-refractivity contribution is 4.89.